The summed E-state index contributed by atoms with van der Waals surface area (Å²) in [5.74, 6) is 0.0569. The predicted octanol–water partition coefficient (Wildman–Crippen LogP) is 2.17. The Morgan fingerprint density at radius 2 is 2.12 bits per heavy atom. The van der Waals surface area contributed by atoms with Gasteiger partial charge in [0, 0.05) is 22.5 Å². The number of nitriles is 1. The summed E-state index contributed by atoms with van der Waals surface area (Å²) in [4.78, 5) is 0. The second kappa shape index (κ2) is 5.52. The van der Waals surface area contributed by atoms with Crippen LogP contribution in [0.3, 0.4) is 0 Å². The third-order valence-corrected chi connectivity index (χ3v) is 3.56. The molecule has 0 aliphatic carbocycles. The van der Waals surface area contributed by atoms with E-state index in [4.69, 9.17) is 5.26 Å². The number of rotatable bonds is 4. The predicted molar refractivity (Wildman–Crippen MR) is 71.7 cm³/mol. The molecule has 1 aromatic rings. The van der Waals surface area contributed by atoms with Crippen molar-refractivity contribution in [1.82, 2.24) is 0 Å². The largest absolute Gasteiger partial charge is 0.382 e. The van der Waals surface area contributed by atoms with E-state index in [1.807, 2.05) is 6.07 Å². The first-order valence-corrected chi connectivity index (χ1v) is 7.80. The van der Waals surface area contributed by atoms with Crippen LogP contribution in [0.15, 0.2) is 22.7 Å². The molecule has 0 amide bonds. The number of hydrogen-bond donors (Lipinski definition) is 1. The summed E-state index contributed by atoms with van der Waals surface area (Å²) < 4.78 is 23.0. The summed E-state index contributed by atoms with van der Waals surface area (Å²) >= 11 is 3.30. The molecule has 1 unspecified atom stereocenters. The van der Waals surface area contributed by atoms with Crippen molar-refractivity contribution in [2.75, 3.05) is 17.3 Å². The van der Waals surface area contributed by atoms with E-state index in [-0.39, 0.29) is 11.8 Å². The molecule has 1 aromatic carbocycles. The van der Waals surface area contributed by atoms with Crippen molar-refractivity contribution < 1.29 is 8.42 Å². The molecule has 6 heteroatoms. The van der Waals surface area contributed by atoms with Gasteiger partial charge < -0.3 is 5.32 Å². The fourth-order valence-corrected chi connectivity index (χ4v) is 3.00. The zero-order chi connectivity index (χ0) is 13.1. The van der Waals surface area contributed by atoms with Crippen molar-refractivity contribution in [3.05, 3.63) is 28.2 Å². The van der Waals surface area contributed by atoms with Gasteiger partial charge in [-0.25, -0.2) is 8.42 Å². The lowest BCUT2D eigenvalue weighted by molar-refractivity contribution is 0.598. The number of halogens is 1. The third kappa shape index (κ3) is 5.20. The molecule has 4 nitrogen and oxygen atoms in total. The first-order valence-electron chi connectivity index (χ1n) is 4.95. The average molecular weight is 317 g/mol. The first-order chi connectivity index (χ1) is 7.80. The van der Waals surface area contributed by atoms with E-state index in [0.29, 0.717) is 5.56 Å². The van der Waals surface area contributed by atoms with Gasteiger partial charge in [-0.2, -0.15) is 5.26 Å². The Balaban J connectivity index is 2.82. The van der Waals surface area contributed by atoms with Crippen LogP contribution in [-0.4, -0.2) is 26.5 Å². The second-order valence-corrected chi connectivity index (χ2v) is 7.08. The molecule has 92 valence electrons. The van der Waals surface area contributed by atoms with Crippen LogP contribution in [0.2, 0.25) is 0 Å². The summed E-state index contributed by atoms with van der Waals surface area (Å²) in [5.41, 5.74) is 1.25. The molecular weight excluding hydrogens is 304 g/mol. The summed E-state index contributed by atoms with van der Waals surface area (Å²) in [6.07, 6.45) is 1.20. The Hall–Kier alpha value is -1.06. The van der Waals surface area contributed by atoms with E-state index in [2.05, 4.69) is 21.2 Å². The molecule has 0 aliphatic heterocycles. The molecule has 1 rings (SSSR count). The van der Waals surface area contributed by atoms with E-state index in [1.54, 1.807) is 25.1 Å². The second-order valence-electron chi connectivity index (χ2n) is 3.98. The molecular formula is C11H13BrN2O2S. The van der Waals surface area contributed by atoms with Gasteiger partial charge in [-0.3, -0.25) is 0 Å². The Labute approximate surface area is 110 Å². The summed E-state index contributed by atoms with van der Waals surface area (Å²) in [6.45, 7) is 1.79. The van der Waals surface area contributed by atoms with Crippen LogP contribution >= 0.6 is 15.9 Å². The maximum Gasteiger partial charge on any atom is 0.149 e. The van der Waals surface area contributed by atoms with Crippen LogP contribution < -0.4 is 5.32 Å². The average Bonchev–Trinajstić information content (AvgIpc) is 2.13. The molecule has 17 heavy (non-hydrogen) atoms. The number of hydrogen-bond acceptors (Lipinski definition) is 4. The Morgan fingerprint density at radius 1 is 1.47 bits per heavy atom. The number of nitrogens with zero attached hydrogens (tertiary/aromatic N) is 1. The van der Waals surface area contributed by atoms with Gasteiger partial charge in [0.25, 0.3) is 0 Å². The van der Waals surface area contributed by atoms with Gasteiger partial charge in [0.05, 0.1) is 17.4 Å². The Morgan fingerprint density at radius 3 is 2.65 bits per heavy atom. The molecule has 1 N–H and O–H groups in total. The lowest BCUT2D eigenvalue weighted by Crippen LogP contribution is -2.25. The minimum Gasteiger partial charge on any atom is -0.382 e. The highest BCUT2D eigenvalue weighted by molar-refractivity contribution is 9.10. The van der Waals surface area contributed by atoms with Gasteiger partial charge in [0.15, 0.2) is 0 Å². The fraction of sp³-hybridized carbons (Fsp3) is 0.364. The van der Waals surface area contributed by atoms with E-state index in [1.165, 1.54) is 6.26 Å². The zero-order valence-corrected chi connectivity index (χ0v) is 12.0. The van der Waals surface area contributed by atoms with Crippen LogP contribution in [0.25, 0.3) is 0 Å². The Kier molecular flexibility index (Phi) is 4.54. The molecule has 0 bridgehead atoms. The van der Waals surface area contributed by atoms with Crippen molar-refractivity contribution in [2.24, 2.45) is 0 Å². The summed E-state index contributed by atoms with van der Waals surface area (Å²) in [7, 11) is -3.01. The lowest BCUT2D eigenvalue weighted by Gasteiger charge is -2.14. The number of sulfone groups is 1. The van der Waals surface area contributed by atoms with Crippen molar-refractivity contribution in [1.29, 1.82) is 5.26 Å². The summed E-state index contributed by atoms with van der Waals surface area (Å²) in [6, 6.07) is 7.03. The molecule has 0 heterocycles. The zero-order valence-electron chi connectivity index (χ0n) is 9.57. The van der Waals surface area contributed by atoms with E-state index >= 15 is 0 Å². The van der Waals surface area contributed by atoms with Gasteiger partial charge >= 0.3 is 0 Å². The van der Waals surface area contributed by atoms with Crippen LogP contribution in [0.4, 0.5) is 5.69 Å². The summed E-state index contributed by atoms with van der Waals surface area (Å²) in [5, 5.41) is 11.9. The highest BCUT2D eigenvalue weighted by atomic mass is 79.9. The maximum absolute atomic E-state index is 11.1. The molecule has 0 saturated carbocycles. The van der Waals surface area contributed by atoms with Gasteiger partial charge in [0.1, 0.15) is 9.84 Å². The number of nitrogens with one attached hydrogen (secondary N) is 1. The van der Waals surface area contributed by atoms with Gasteiger partial charge in [-0.05, 0) is 25.1 Å². The quantitative estimate of drug-likeness (QED) is 0.924. The molecule has 0 radical (unpaired) electrons. The van der Waals surface area contributed by atoms with Crippen LogP contribution in [-0.2, 0) is 9.84 Å². The lowest BCUT2D eigenvalue weighted by atomic mass is 10.2. The Bertz CT molecular complexity index is 549. The normalized spacial score (nSPS) is 12.8. The van der Waals surface area contributed by atoms with Crippen molar-refractivity contribution in [3.8, 4) is 6.07 Å². The fourth-order valence-electron chi connectivity index (χ4n) is 1.52. The van der Waals surface area contributed by atoms with E-state index < -0.39 is 9.84 Å². The van der Waals surface area contributed by atoms with E-state index in [0.717, 1.165) is 10.2 Å². The minimum atomic E-state index is -3.01. The topological polar surface area (TPSA) is 70.0 Å². The van der Waals surface area contributed by atoms with E-state index in [9.17, 15) is 8.42 Å². The maximum atomic E-state index is 11.1. The van der Waals surface area contributed by atoms with Crippen molar-refractivity contribution >= 4 is 31.5 Å². The minimum absolute atomic E-state index is 0.0569. The smallest absolute Gasteiger partial charge is 0.149 e. The van der Waals surface area contributed by atoms with Gasteiger partial charge in [0.2, 0.25) is 0 Å². The van der Waals surface area contributed by atoms with Crippen molar-refractivity contribution in [2.45, 2.75) is 13.0 Å². The van der Waals surface area contributed by atoms with Gasteiger partial charge in [-0.15, -0.1) is 0 Å². The first kappa shape index (κ1) is 14.0. The van der Waals surface area contributed by atoms with Crippen LogP contribution in [0.5, 0.6) is 0 Å². The highest BCUT2D eigenvalue weighted by Crippen LogP contribution is 2.20. The van der Waals surface area contributed by atoms with Crippen LogP contribution in [0, 0.1) is 11.3 Å². The molecule has 0 aromatic heterocycles. The van der Waals surface area contributed by atoms with Crippen LogP contribution in [0.1, 0.15) is 12.5 Å². The SMILES string of the molecule is CC(CS(C)(=O)=O)Nc1cc(Br)cc(C#N)c1. The number of anilines is 1. The molecule has 1 atom stereocenters. The number of benzene rings is 1. The monoisotopic (exact) mass is 316 g/mol. The van der Waals surface area contributed by atoms with Gasteiger partial charge in [-0.1, -0.05) is 15.9 Å². The molecule has 0 aliphatic rings. The standard InChI is InChI=1S/C11H13BrN2O2S/c1-8(7-17(2,15)16)14-11-4-9(6-13)3-10(12)5-11/h3-5,8,14H,7H2,1-2H3. The van der Waals surface area contributed by atoms with Crippen molar-refractivity contribution in [3.63, 3.8) is 0 Å². The molecule has 0 saturated heterocycles. The third-order valence-electron chi connectivity index (χ3n) is 1.99. The molecule has 0 fully saturated rings. The molecule has 0 spiro atoms. The highest BCUT2D eigenvalue weighted by Gasteiger charge is 2.10.